The number of nitrogens with one attached hydrogen (secondary N) is 1. The van der Waals surface area contributed by atoms with Gasteiger partial charge in [-0.1, -0.05) is 19.9 Å². The maximum Gasteiger partial charge on any atom is 0.414 e. The van der Waals surface area contributed by atoms with Crippen molar-refractivity contribution in [3.8, 4) is 0 Å². The summed E-state index contributed by atoms with van der Waals surface area (Å²) in [6.45, 7) is 7.06. The van der Waals surface area contributed by atoms with E-state index >= 15 is 0 Å². The zero-order valence-electron chi connectivity index (χ0n) is 9.91. The smallest absolute Gasteiger partial charge is 0.414 e. The fourth-order valence-corrected chi connectivity index (χ4v) is 1.82. The van der Waals surface area contributed by atoms with Crippen LogP contribution in [0, 0.1) is 5.92 Å². The normalized spacial score (nSPS) is 24.6. The van der Waals surface area contributed by atoms with Crippen LogP contribution >= 0.6 is 0 Å². The van der Waals surface area contributed by atoms with Gasteiger partial charge in [-0.3, -0.25) is 10.1 Å². The largest absolute Gasteiger partial charge is 0.446 e. The molecule has 4 nitrogen and oxygen atoms in total. The Morgan fingerprint density at radius 3 is 2.50 bits per heavy atom. The minimum atomic E-state index is -0.660. The highest BCUT2D eigenvalue weighted by molar-refractivity contribution is 6.01. The Balaban J connectivity index is 2.38. The van der Waals surface area contributed by atoms with Crippen LogP contribution in [0.1, 0.15) is 39.5 Å². The van der Waals surface area contributed by atoms with E-state index in [1.54, 1.807) is 6.92 Å². The van der Waals surface area contributed by atoms with Crippen molar-refractivity contribution in [3.63, 3.8) is 0 Å². The Kier molecular flexibility index (Phi) is 4.52. The zero-order valence-corrected chi connectivity index (χ0v) is 9.91. The minimum absolute atomic E-state index is 0.0633. The Bertz CT molecular complexity index is 299. The molecule has 0 aliphatic heterocycles. The highest BCUT2D eigenvalue weighted by Crippen LogP contribution is 2.26. The first-order valence-electron chi connectivity index (χ1n) is 5.68. The van der Waals surface area contributed by atoms with E-state index in [9.17, 15) is 9.59 Å². The summed E-state index contributed by atoms with van der Waals surface area (Å²) >= 11 is 0. The third kappa shape index (κ3) is 3.68. The van der Waals surface area contributed by atoms with Crippen LogP contribution in [0.3, 0.4) is 0 Å². The van der Waals surface area contributed by atoms with Gasteiger partial charge in [-0.05, 0) is 32.1 Å². The molecule has 1 N–H and O–H groups in total. The maximum absolute atomic E-state index is 11.4. The molecule has 0 heterocycles. The van der Waals surface area contributed by atoms with Gasteiger partial charge < -0.3 is 4.74 Å². The third-order valence-electron chi connectivity index (χ3n) is 2.89. The fourth-order valence-electron chi connectivity index (χ4n) is 1.82. The summed E-state index contributed by atoms with van der Waals surface area (Å²) in [6.07, 6.45) is 3.50. The van der Waals surface area contributed by atoms with Crippen LogP contribution in [0.5, 0.6) is 0 Å². The monoisotopic (exact) mass is 225 g/mol. The van der Waals surface area contributed by atoms with E-state index in [0.717, 1.165) is 19.3 Å². The molecule has 4 heteroatoms. The quantitative estimate of drug-likeness (QED) is 0.734. The predicted octanol–water partition coefficient (Wildman–Crippen LogP) is 2.39. The summed E-state index contributed by atoms with van der Waals surface area (Å²) in [5.41, 5.74) is 0.300. The number of hydrogen-bond acceptors (Lipinski definition) is 3. The second kappa shape index (κ2) is 5.68. The Morgan fingerprint density at radius 1 is 1.31 bits per heavy atom. The van der Waals surface area contributed by atoms with E-state index in [1.807, 2.05) is 0 Å². The van der Waals surface area contributed by atoms with Crippen LogP contribution in [0.4, 0.5) is 4.79 Å². The van der Waals surface area contributed by atoms with Crippen molar-refractivity contribution in [2.75, 3.05) is 0 Å². The van der Waals surface area contributed by atoms with Gasteiger partial charge in [-0.25, -0.2) is 4.79 Å². The first-order valence-corrected chi connectivity index (χ1v) is 5.68. The molecular weight excluding hydrogens is 206 g/mol. The van der Waals surface area contributed by atoms with E-state index in [2.05, 4.69) is 18.8 Å². The molecule has 1 aliphatic rings. The molecule has 2 amide bonds. The average Bonchev–Trinajstić information content (AvgIpc) is 2.21. The van der Waals surface area contributed by atoms with Crippen LogP contribution in [0.25, 0.3) is 0 Å². The lowest BCUT2D eigenvalue weighted by atomic mass is 9.88. The summed E-state index contributed by atoms with van der Waals surface area (Å²) in [5.74, 6) is -0.104. The molecule has 0 aromatic rings. The number of hydrogen-bond donors (Lipinski definition) is 1. The van der Waals surface area contributed by atoms with Gasteiger partial charge in [-0.2, -0.15) is 0 Å². The van der Waals surface area contributed by atoms with Crippen molar-refractivity contribution >= 4 is 12.0 Å². The van der Waals surface area contributed by atoms with Crippen molar-refractivity contribution in [2.45, 2.75) is 45.6 Å². The van der Waals surface area contributed by atoms with Gasteiger partial charge in [0.2, 0.25) is 0 Å². The van der Waals surface area contributed by atoms with E-state index in [0.29, 0.717) is 11.5 Å². The molecular formula is C12H19NO3. The van der Waals surface area contributed by atoms with Crippen molar-refractivity contribution in [1.29, 1.82) is 0 Å². The topological polar surface area (TPSA) is 55.4 Å². The molecule has 0 aromatic heterocycles. The summed E-state index contributed by atoms with van der Waals surface area (Å²) in [6, 6.07) is 0. The second-order valence-electron chi connectivity index (χ2n) is 4.44. The van der Waals surface area contributed by atoms with Gasteiger partial charge >= 0.3 is 6.09 Å². The van der Waals surface area contributed by atoms with Gasteiger partial charge in [0, 0.05) is 5.57 Å². The number of imide groups is 1. The maximum atomic E-state index is 11.4. The number of carbonyl (C=O) groups is 2. The standard InChI is InChI=1S/C12H19NO3/c1-8(2)11(14)13-12(15)16-10-7-5-4-6-9(10)3/h9-10H,1,4-7H2,2-3H3,(H,13,14,15). The zero-order chi connectivity index (χ0) is 12.1. The predicted molar refractivity (Wildman–Crippen MR) is 60.9 cm³/mol. The molecule has 1 fully saturated rings. The van der Waals surface area contributed by atoms with Gasteiger partial charge in [0.1, 0.15) is 6.10 Å². The van der Waals surface area contributed by atoms with E-state index < -0.39 is 12.0 Å². The molecule has 2 unspecified atom stereocenters. The first-order chi connectivity index (χ1) is 7.50. The molecule has 0 bridgehead atoms. The molecule has 1 rings (SSSR count). The van der Waals surface area contributed by atoms with Crippen molar-refractivity contribution in [2.24, 2.45) is 5.92 Å². The summed E-state index contributed by atoms with van der Waals surface area (Å²) in [7, 11) is 0. The lowest BCUT2D eigenvalue weighted by molar-refractivity contribution is -0.117. The highest BCUT2D eigenvalue weighted by Gasteiger charge is 2.25. The molecule has 90 valence electrons. The van der Waals surface area contributed by atoms with Crippen LogP contribution in [-0.4, -0.2) is 18.1 Å². The Hall–Kier alpha value is -1.32. The molecule has 2 atom stereocenters. The number of alkyl carbamates (subject to hydrolysis) is 1. The molecule has 1 aliphatic carbocycles. The Labute approximate surface area is 96.0 Å². The molecule has 16 heavy (non-hydrogen) atoms. The van der Waals surface area contributed by atoms with E-state index in [1.165, 1.54) is 6.42 Å². The minimum Gasteiger partial charge on any atom is -0.446 e. The van der Waals surface area contributed by atoms with Crippen LogP contribution in [0.15, 0.2) is 12.2 Å². The van der Waals surface area contributed by atoms with Gasteiger partial charge in [-0.15, -0.1) is 0 Å². The third-order valence-corrected chi connectivity index (χ3v) is 2.89. The summed E-state index contributed by atoms with van der Waals surface area (Å²) < 4.78 is 5.21. The lowest BCUT2D eigenvalue weighted by Gasteiger charge is -2.28. The number of carbonyl (C=O) groups excluding carboxylic acids is 2. The number of rotatable bonds is 2. The van der Waals surface area contributed by atoms with E-state index in [-0.39, 0.29) is 6.10 Å². The number of ether oxygens (including phenoxy) is 1. The summed E-state index contributed by atoms with van der Waals surface area (Å²) in [5, 5.41) is 2.15. The van der Waals surface area contributed by atoms with E-state index in [4.69, 9.17) is 4.74 Å². The van der Waals surface area contributed by atoms with Crippen molar-refractivity contribution < 1.29 is 14.3 Å². The van der Waals surface area contributed by atoms with Crippen LogP contribution < -0.4 is 5.32 Å². The number of amides is 2. The fraction of sp³-hybridized carbons (Fsp3) is 0.667. The average molecular weight is 225 g/mol. The molecule has 0 saturated heterocycles. The highest BCUT2D eigenvalue weighted by atomic mass is 16.6. The summed E-state index contributed by atoms with van der Waals surface area (Å²) in [4.78, 5) is 22.5. The van der Waals surface area contributed by atoms with Crippen molar-refractivity contribution in [1.82, 2.24) is 5.32 Å². The van der Waals surface area contributed by atoms with Crippen LogP contribution in [-0.2, 0) is 9.53 Å². The molecule has 0 aromatic carbocycles. The SMILES string of the molecule is C=C(C)C(=O)NC(=O)OC1CCCCC1C. The lowest BCUT2D eigenvalue weighted by Crippen LogP contribution is -2.37. The van der Waals surface area contributed by atoms with Gasteiger partial charge in [0.05, 0.1) is 0 Å². The Morgan fingerprint density at radius 2 is 1.94 bits per heavy atom. The molecule has 0 spiro atoms. The van der Waals surface area contributed by atoms with Gasteiger partial charge in [0.15, 0.2) is 0 Å². The molecule has 0 radical (unpaired) electrons. The second-order valence-corrected chi connectivity index (χ2v) is 4.44. The first kappa shape index (κ1) is 12.7. The van der Waals surface area contributed by atoms with Crippen LogP contribution in [0.2, 0.25) is 0 Å². The van der Waals surface area contributed by atoms with Gasteiger partial charge in [0.25, 0.3) is 5.91 Å². The van der Waals surface area contributed by atoms with Crippen molar-refractivity contribution in [3.05, 3.63) is 12.2 Å². The molecule has 1 saturated carbocycles.